The maximum absolute atomic E-state index is 12.0. The number of hydrogen-bond acceptors (Lipinski definition) is 5. The molecule has 0 amide bonds. The van der Waals surface area contributed by atoms with E-state index in [1.165, 1.54) is 25.2 Å². The van der Waals surface area contributed by atoms with Gasteiger partial charge in [-0.05, 0) is 38.3 Å². The number of non-ortho nitro benzene ring substituents is 1. The van der Waals surface area contributed by atoms with Gasteiger partial charge in [-0.3, -0.25) is 24.0 Å². The van der Waals surface area contributed by atoms with E-state index in [4.69, 9.17) is 4.74 Å². The molecule has 8 heteroatoms. The summed E-state index contributed by atoms with van der Waals surface area (Å²) in [6, 6.07) is 7.42. The molecule has 1 aromatic heterocycles. The number of aryl methyl sites for hydroxylation is 1. The van der Waals surface area contributed by atoms with Gasteiger partial charge in [-0.1, -0.05) is 0 Å². The number of hydrogen-bond donors (Lipinski definition) is 0. The van der Waals surface area contributed by atoms with Gasteiger partial charge in [-0.15, -0.1) is 0 Å². The summed E-state index contributed by atoms with van der Waals surface area (Å²) in [7, 11) is 1.47. The molecule has 8 nitrogen and oxygen atoms in total. The number of nitro benzene ring substituents is 1. The number of rotatable bonds is 8. The Bertz CT molecular complexity index is 852. The van der Waals surface area contributed by atoms with Crippen LogP contribution in [0, 0.1) is 17.0 Å². The molecule has 1 heterocycles. The van der Waals surface area contributed by atoms with Crippen molar-refractivity contribution in [1.82, 2.24) is 9.13 Å². The standard InChI is InChI=1S/C17H21N3O5/c1-13-12-16(21)18(2)17(22)19(13)10-4-3-5-11-25-15-8-6-14(7-9-15)20(23)24/h6-9,12H,3-5,10-11H2,1-2H3. The maximum Gasteiger partial charge on any atom is 0.330 e. The van der Waals surface area contributed by atoms with Crippen LogP contribution in [0.15, 0.2) is 39.9 Å². The summed E-state index contributed by atoms with van der Waals surface area (Å²) in [5.74, 6) is 0.593. The average molecular weight is 347 g/mol. The molecule has 0 N–H and O–H groups in total. The van der Waals surface area contributed by atoms with E-state index in [9.17, 15) is 19.7 Å². The molecule has 0 spiro atoms. The van der Waals surface area contributed by atoms with Crippen molar-refractivity contribution < 1.29 is 9.66 Å². The molecule has 0 radical (unpaired) electrons. The molecule has 1 aromatic carbocycles. The first kappa shape index (κ1) is 18.4. The van der Waals surface area contributed by atoms with Crippen molar-refractivity contribution in [3.63, 3.8) is 0 Å². The van der Waals surface area contributed by atoms with Gasteiger partial charge in [0.05, 0.1) is 11.5 Å². The van der Waals surface area contributed by atoms with Gasteiger partial charge in [0, 0.05) is 37.5 Å². The van der Waals surface area contributed by atoms with E-state index in [1.54, 1.807) is 23.6 Å². The van der Waals surface area contributed by atoms with E-state index in [0.717, 1.165) is 23.8 Å². The molecule has 0 fully saturated rings. The highest BCUT2D eigenvalue weighted by Crippen LogP contribution is 2.17. The normalized spacial score (nSPS) is 10.6. The predicted octanol–water partition coefficient (Wildman–Crippen LogP) is 2.01. The first-order valence-corrected chi connectivity index (χ1v) is 8.05. The topological polar surface area (TPSA) is 96.4 Å². The largest absolute Gasteiger partial charge is 0.494 e. The summed E-state index contributed by atoms with van der Waals surface area (Å²) in [6.45, 7) is 2.80. The Hall–Kier alpha value is -2.90. The van der Waals surface area contributed by atoms with Crippen LogP contribution < -0.4 is 16.0 Å². The monoisotopic (exact) mass is 347 g/mol. The van der Waals surface area contributed by atoms with Gasteiger partial charge in [0.1, 0.15) is 5.75 Å². The van der Waals surface area contributed by atoms with E-state index >= 15 is 0 Å². The Kier molecular flexibility index (Phi) is 6.10. The van der Waals surface area contributed by atoms with Crippen LogP contribution >= 0.6 is 0 Å². The molecule has 25 heavy (non-hydrogen) atoms. The molecule has 2 aromatic rings. The van der Waals surface area contributed by atoms with E-state index in [-0.39, 0.29) is 16.9 Å². The summed E-state index contributed by atoms with van der Waals surface area (Å²) < 4.78 is 8.24. The van der Waals surface area contributed by atoms with Crippen LogP contribution in [0.1, 0.15) is 25.0 Å². The molecule has 0 aliphatic carbocycles. The Morgan fingerprint density at radius 1 is 1.12 bits per heavy atom. The fourth-order valence-electron chi connectivity index (χ4n) is 2.45. The van der Waals surface area contributed by atoms with Crippen molar-refractivity contribution >= 4 is 5.69 Å². The SMILES string of the molecule is Cc1cc(=O)n(C)c(=O)n1CCCCCOc1ccc([N+](=O)[O-])cc1. The quantitative estimate of drug-likeness (QED) is 0.413. The van der Waals surface area contributed by atoms with Crippen LogP contribution in [0.2, 0.25) is 0 Å². The van der Waals surface area contributed by atoms with Crippen LogP contribution in [0.25, 0.3) is 0 Å². The first-order chi connectivity index (χ1) is 11.9. The van der Waals surface area contributed by atoms with Gasteiger partial charge < -0.3 is 4.74 Å². The fraction of sp³-hybridized carbons (Fsp3) is 0.412. The van der Waals surface area contributed by atoms with E-state index in [2.05, 4.69) is 0 Å². The molecule has 0 aliphatic heterocycles. The van der Waals surface area contributed by atoms with Crippen LogP contribution in [-0.4, -0.2) is 20.7 Å². The van der Waals surface area contributed by atoms with Crippen molar-refractivity contribution in [2.45, 2.75) is 32.7 Å². The third kappa shape index (κ3) is 4.79. The highest BCUT2D eigenvalue weighted by atomic mass is 16.6. The van der Waals surface area contributed by atoms with Gasteiger partial charge in [0.25, 0.3) is 11.2 Å². The lowest BCUT2D eigenvalue weighted by atomic mass is 10.2. The van der Waals surface area contributed by atoms with Crippen LogP contribution in [0.3, 0.4) is 0 Å². The van der Waals surface area contributed by atoms with Crippen LogP contribution in [0.4, 0.5) is 5.69 Å². The average Bonchev–Trinajstić information content (AvgIpc) is 2.59. The number of nitro groups is 1. The molecule has 0 saturated carbocycles. The molecule has 0 aliphatic rings. The minimum absolute atomic E-state index is 0.0328. The number of ether oxygens (including phenoxy) is 1. The Balaban J connectivity index is 1.75. The summed E-state index contributed by atoms with van der Waals surface area (Å²) in [6.07, 6.45) is 2.46. The lowest BCUT2D eigenvalue weighted by molar-refractivity contribution is -0.384. The number of nitrogens with zero attached hydrogens (tertiary/aromatic N) is 3. The molecule has 0 saturated heterocycles. The lowest BCUT2D eigenvalue weighted by Crippen LogP contribution is -2.38. The second kappa shape index (κ2) is 8.27. The zero-order valence-electron chi connectivity index (χ0n) is 14.3. The smallest absolute Gasteiger partial charge is 0.330 e. The fourth-order valence-corrected chi connectivity index (χ4v) is 2.45. The van der Waals surface area contributed by atoms with E-state index in [1.807, 2.05) is 0 Å². The molecule has 0 unspecified atom stereocenters. The number of unbranched alkanes of at least 4 members (excludes halogenated alkanes) is 2. The third-order valence-electron chi connectivity index (χ3n) is 3.95. The minimum atomic E-state index is -0.451. The zero-order valence-corrected chi connectivity index (χ0v) is 14.3. The highest BCUT2D eigenvalue weighted by Gasteiger charge is 2.06. The van der Waals surface area contributed by atoms with Crippen LogP contribution in [0.5, 0.6) is 5.75 Å². The second-order valence-corrected chi connectivity index (χ2v) is 5.78. The predicted molar refractivity (Wildman–Crippen MR) is 93.1 cm³/mol. The van der Waals surface area contributed by atoms with Crippen LogP contribution in [-0.2, 0) is 13.6 Å². The van der Waals surface area contributed by atoms with Crippen molar-refractivity contribution in [3.05, 3.63) is 67.0 Å². The van der Waals surface area contributed by atoms with Gasteiger partial charge in [-0.2, -0.15) is 0 Å². The number of aromatic nitrogens is 2. The molecular formula is C17H21N3O5. The Morgan fingerprint density at radius 2 is 1.80 bits per heavy atom. The molecular weight excluding hydrogens is 326 g/mol. The van der Waals surface area contributed by atoms with E-state index < -0.39 is 4.92 Å². The summed E-state index contributed by atoms with van der Waals surface area (Å²) in [5, 5.41) is 10.6. The summed E-state index contributed by atoms with van der Waals surface area (Å²) >= 11 is 0. The van der Waals surface area contributed by atoms with Gasteiger partial charge in [0.2, 0.25) is 0 Å². The number of benzene rings is 1. The zero-order chi connectivity index (χ0) is 18.4. The van der Waals surface area contributed by atoms with Gasteiger partial charge in [-0.25, -0.2) is 4.79 Å². The minimum Gasteiger partial charge on any atom is -0.494 e. The van der Waals surface area contributed by atoms with Gasteiger partial charge >= 0.3 is 5.69 Å². The lowest BCUT2D eigenvalue weighted by Gasteiger charge is -2.11. The first-order valence-electron chi connectivity index (χ1n) is 8.05. The maximum atomic E-state index is 12.0. The Labute approximate surface area is 144 Å². The van der Waals surface area contributed by atoms with Crippen molar-refractivity contribution in [3.8, 4) is 5.75 Å². The summed E-state index contributed by atoms with van der Waals surface area (Å²) in [5.41, 5.74) is 0.100. The second-order valence-electron chi connectivity index (χ2n) is 5.78. The summed E-state index contributed by atoms with van der Waals surface area (Å²) in [4.78, 5) is 33.7. The molecule has 2 rings (SSSR count). The van der Waals surface area contributed by atoms with Crippen molar-refractivity contribution in [2.75, 3.05) is 6.61 Å². The highest BCUT2D eigenvalue weighted by molar-refractivity contribution is 5.35. The Morgan fingerprint density at radius 3 is 2.44 bits per heavy atom. The van der Waals surface area contributed by atoms with Crippen molar-refractivity contribution in [2.24, 2.45) is 7.05 Å². The third-order valence-corrected chi connectivity index (χ3v) is 3.95. The molecule has 0 atom stereocenters. The molecule has 134 valence electrons. The van der Waals surface area contributed by atoms with Gasteiger partial charge in [0.15, 0.2) is 0 Å². The van der Waals surface area contributed by atoms with Crippen molar-refractivity contribution in [1.29, 1.82) is 0 Å². The van der Waals surface area contributed by atoms with E-state index in [0.29, 0.717) is 24.6 Å². The molecule has 0 bridgehead atoms.